The van der Waals surface area contributed by atoms with Gasteiger partial charge in [0, 0.05) is 20.1 Å². The lowest BCUT2D eigenvalue weighted by Gasteiger charge is -2.02. The molecular weight excluding hydrogens is 256 g/mol. The van der Waals surface area contributed by atoms with Crippen LogP contribution < -0.4 is 5.32 Å². The van der Waals surface area contributed by atoms with Gasteiger partial charge in [-0.25, -0.2) is 4.98 Å². The molecule has 100 valence electrons. The zero-order valence-electron chi connectivity index (χ0n) is 10.4. The number of amides is 1. The van der Waals surface area contributed by atoms with Crippen molar-refractivity contribution in [3.05, 3.63) is 15.6 Å². The third kappa shape index (κ3) is 4.42. The lowest BCUT2D eigenvalue weighted by Crippen LogP contribution is -2.24. The number of aryl methyl sites for hydroxylation is 1. The summed E-state index contributed by atoms with van der Waals surface area (Å²) < 4.78 is 4.95. The Kier molecular flexibility index (Phi) is 5.73. The van der Waals surface area contributed by atoms with E-state index in [9.17, 15) is 9.59 Å². The fourth-order valence-electron chi connectivity index (χ4n) is 1.37. The zero-order valence-corrected chi connectivity index (χ0v) is 11.2. The number of carbonyl (C=O) groups is 2. The highest BCUT2D eigenvalue weighted by Crippen LogP contribution is 2.18. The molecule has 0 saturated heterocycles. The molecule has 0 unspecified atom stereocenters. The van der Waals surface area contributed by atoms with Gasteiger partial charge in [-0.2, -0.15) is 0 Å². The van der Waals surface area contributed by atoms with Crippen LogP contribution in [0.1, 0.15) is 33.2 Å². The van der Waals surface area contributed by atoms with Gasteiger partial charge in [0.1, 0.15) is 9.88 Å². The van der Waals surface area contributed by atoms with Crippen LogP contribution in [0.3, 0.4) is 0 Å². The number of rotatable bonds is 7. The molecule has 1 amide bonds. The summed E-state index contributed by atoms with van der Waals surface area (Å²) in [4.78, 5) is 26.9. The number of carboxylic acids is 1. The van der Waals surface area contributed by atoms with Crippen LogP contribution in [-0.4, -0.2) is 35.6 Å². The van der Waals surface area contributed by atoms with Crippen LogP contribution in [0.25, 0.3) is 0 Å². The van der Waals surface area contributed by atoms with E-state index in [1.807, 2.05) is 0 Å². The van der Waals surface area contributed by atoms with Gasteiger partial charge in [0.25, 0.3) is 5.91 Å². The van der Waals surface area contributed by atoms with Crippen molar-refractivity contribution in [2.24, 2.45) is 0 Å². The molecule has 0 aliphatic heterocycles. The number of carbonyl (C=O) groups excluding carboxylic acids is 1. The molecule has 1 rings (SSSR count). The molecule has 6 nitrogen and oxygen atoms in total. The maximum absolute atomic E-state index is 11.8. The number of carboxylic acid groups (broad SMARTS) is 1. The summed E-state index contributed by atoms with van der Waals surface area (Å²) in [6.07, 6.45) is 0.473. The molecule has 0 spiro atoms. The van der Waals surface area contributed by atoms with Crippen LogP contribution in [0.5, 0.6) is 0 Å². The molecule has 0 fully saturated rings. The van der Waals surface area contributed by atoms with E-state index in [4.69, 9.17) is 9.84 Å². The first-order valence-corrected chi connectivity index (χ1v) is 6.31. The van der Waals surface area contributed by atoms with Gasteiger partial charge in [0.05, 0.1) is 12.3 Å². The molecule has 0 bridgehead atoms. The molecule has 0 atom stereocenters. The van der Waals surface area contributed by atoms with Gasteiger partial charge >= 0.3 is 5.97 Å². The second-order valence-electron chi connectivity index (χ2n) is 3.71. The number of methoxy groups -OCH3 is 1. The standard InChI is InChI=1S/C11H16N2O4S/c1-7-10(18-8(13-7)6-17-2)11(16)12-5-3-4-9(14)15/h3-6H2,1-2H3,(H,12,16)(H,14,15). The second kappa shape index (κ2) is 7.07. The Bertz CT molecular complexity index is 431. The van der Waals surface area contributed by atoms with Crippen molar-refractivity contribution in [3.8, 4) is 0 Å². The summed E-state index contributed by atoms with van der Waals surface area (Å²) in [5.41, 5.74) is 0.669. The van der Waals surface area contributed by atoms with Crippen molar-refractivity contribution in [3.63, 3.8) is 0 Å². The normalized spacial score (nSPS) is 10.3. The molecule has 0 aliphatic carbocycles. The summed E-state index contributed by atoms with van der Waals surface area (Å²) in [6.45, 7) is 2.50. The predicted molar refractivity (Wildman–Crippen MR) is 66.8 cm³/mol. The SMILES string of the molecule is COCc1nc(C)c(C(=O)NCCCC(=O)O)s1. The van der Waals surface area contributed by atoms with Gasteiger partial charge in [-0.3, -0.25) is 9.59 Å². The zero-order chi connectivity index (χ0) is 13.5. The third-order valence-electron chi connectivity index (χ3n) is 2.17. The Morgan fingerprint density at radius 2 is 2.22 bits per heavy atom. The number of hydrogen-bond donors (Lipinski definition) is 2. The van der Waals surface area contributed by atoms with E-state index < -0.39 is 5.97 Å². The van der Waals surface area contributed by atoms with E-state index in [1.54, 1.807) is 14.0 Å². The first-order chi connectivity index (χ1) is 8.54. The van der Waals surface area contributed by atoms with Crippen molar-refractivity contribution < 1.29 is 19.4 Å². The molecule has 18 heavy (non-hydrogen) atoms. The maximum Gasteiger partial charge on any atom is 0.303 e. The average molecular weight is 272 g/mol. The van der Waals surface area contributed by atoms with Crippen molar-refractivity contribution in [1.29, 1.82) is 0 Å². The van der Waals surface area contributed by atoms with Gasteiger partial charge in [-0.15, -0.1) is 11.3 Å². The Hall–Kier alpha value is -1.47. The molecular formula is C11H16N2O4S. The van der Waals surface area contributed by atoms with Crippen LogP contribution >= 0.6 is 11.3 Å². The first kappa shape index (κ1) is 14.6. The van der Waals surface area contributed by atoms with Gasteiger partial charge in [-0.05, 0) is 13.3 Å². The van der Waals surface area contributed by atoms with E-state index in [0.717, 1.165) is 5.01 Å². The number of nitrogens with one attached hydrogen (secondary N) is 1. The first-order valence-electron chi connectivity index (χ1n) is 5.49. The molecule has 0 radical (unpaired) electrons. The predicted octanol–water partition coefficient (Wildman–Crippen LogP) is 1.19. The lowest BCUT2D eigenvalue weighted by atomic mass is 10.3. The van der Waals surface area contributed by atoms with Gasteiger partial charge in [-0.1, -0.05) is 0 Å². The molecule has 2 N–H and O–H groups in total. The topological polar surface area (TPSA) is 88.5 Å². The van der Waals surface area contributed by atoms with Crippen molar-refractivity contribution in [2.75, 3.05) is 13.7 Å². The van der Waals surface area contributed by atoms with Crippen molar-refractivity contribution in [2.45, 2.75) is 26.4 Å². The van der Waals surface area contributed by atoms with E-state index in [-0.39, 0.29) is 12.3 Å². The fourth-order valence-corrected chi connectivity index (χ4v) is 2.32. The number of hydrogen-bond acceptors (Lipinski definition) is 5. The minimum atomic E-state index is -0.861. The highest BCUT2D eigenvalue weighted by molar-refractivity contribution is 7.13. The minimum Gasteiger partial charge on any atom is -0.481 e. The number of aromatic nitrogens is 1. The average Bonchev–Trinajstić information content (AvgIpc) is 2.66. The molecule has 7 heteroatoms. The summed E-state index contributed by atoms with van der Waals surface area (Å²) in [6, 6.07) is 0. The van der Waals surface area contributed by atoms with E-state index in [2.05, 4.69) is 10.3 Å². The Balaban J connectivity index is 2.48. The van der Waals surface area contributed by atoms with Gasteiger partial charge in [0.2, 0.25) is 0 Å². The van der Waals surface area contributed by atoms with E-state index in [1.165, 1.54) is 11.3 Å². The minimum absolute atomic E-state index is 0.0525. The summed E-state index contributed by atoms with van der Waals surface area (Å²) in [5, 5.41) is 11.9. The number of aliphatic carboxylic acids is 1. The molecule has 1 aromatic heterocycles. The molecule has 0 aromatic carbocycles. The van der Waals surface area contributed by atoms with Gasteiger partial charge < -0.3 is 15.2 Å². The molecule has 1 heterocycles. The monoisotopic (exact) mass is 272 g/mol. The van der Waals surface area contributed by atoms with E-state index in [0.29, 0.717) is 30.1 Å². The molecule has 0 aliphatic rings. The van der Waals surface area contributed by atoms with Crippen LogP contribution in [0, 0.1) is 6.92 Å². The van der Waals surface area contributed by atoms with Crippen LogP contribution in [0.4, 0.5) is 0 Å². The smallest absolute Gasteiger partial charge is 0.303 e. The summed E-state index contributed by atoms with van der Waals surface area (Å²) in [7, 11) is 1.57. The van der Waals surface area contributed by atoms with Crippen molar-refractivity contribution in [1.82, 2.24) is 10.3 Å². The van der Waals surface area contributed by atoms with E-state index >= 15 is 0 Å². The summed E-state index contributed by atoms with van der Waals surface area (Å²) >= 11 is 1.29. The summed E-state index contributed by atoms with van der Waals surface area (Å²) in [5.74, 6) is -1.07. The fraction of sp³-hybridized carbons (Fsp3) is 0.545. The molecule has 1 aromatic rings. The quantitative estimate of drug-likeness (QED) is 0.728. The Morgan fingerprint density at radius 1 is 1.50 bits per heavy atom. The second-order valence-corrected chi connectivity index (χ2v) is 4.79. The van der Waals surface area contributed by atoms with Crippen LogP contribution in [0.15, 0.2) is 0 Å². The number of nitrogens with zero attached hydrogens (tertiary/aromatic N) is 1. The largest absolute Gasteiger partial charge is 0.481 e. The lowest BCUT2D eigenvalue weighted by molar-refractivity contribution is -0.137. The highest BCUT2D eigenvalue weighted by Gasteiger charge is 2.14. The van der Waals surface area contributed by atoms with Crippen LogP contribution in [-0.2, 0) is 16.1 Å². The van der Waals surface area contributed by atoms with Crippen LogP contribution in [0.2, 0.25) is 0 Å². The molecule has 0 saturated carbocycles. The third-order valence-corrected chi connectivity index (χ3v) is 3.30. The Morgan fingerprint density at radius 3 is 2.83 bits per heavy atom. The number of ether oxygens (including phenoxy) is 1. The van der Waals surface area contributed by atoms with Gasteiger partial charge in [0.15, 0.2) is 0 Å². The highest BCUT2D eigenvalue weighted by atomic mass is 32.1. The van der Waals surface area contributed by atoms with Crippen molar-refractivity contribution >= 4 is 23.2 Å². The number of thiazole rings is 1. The maximum atomic E-state index is 11.8. The Labute approximate surface area is 109 Å².